The lowest BCUT2D eigenvalue weighted by Crippen LogP contribution is -2.20. The first kappa shape index (κ1) is 13.1. The molecule has 0 atom stereocenters. The highest BCUT2D eigenvalue weighted by Gasteiger charge is 2.30. The van der Waals surface area contributed by atoms with E-state index in [1.165, 1.54) is 11.3 Å². The fraction of sp³-hybridized carbons (Fsp3) is 0.364. The lowest BCUT2D eigenvalue weighted by Gasteiger charge is -2.08. The Labute approximate surface area is 115 Å². The Kier molecular flexibility index (Phi) is 3.00. The molecule has 3 aromatic rings. The Morgan fingerprint density at radius 1 is 1.30 bits per heavy atom. The molecule has 0 radical (unpaired) electrons. The van der Waals surface area contributed by atoms with Gasteiger partial charge in [0.2, 0.25) is 0 Å². The number of thiazole rings is 1. The van der Waals surface area contributed by atoms with E-state index in [2.05, 4.69) is 15.1 Å². The molecule has 3 aromatic heterocycles. The molecule has 20 heavy (non-hydrogen) atoms. The average Bonchev–Trinajstić information content (AvgIpc) is 2.92. The number of rotatable bonds is 3. The van der Waals surface area contributed by atoms with E-state index in [1.807, 2.05) is 16.0 Å². The van der Waals surface area contributed by atoms with Crippen molar-refractivity contribution < 1.29 is 13.2 Å². The van der Waals surface area contributed by atoms with Gasteiger partial charge in [-0.25, -0.2) is 14.6 Å². The van der Waals surface area contributed by atoms with Gasteiger partial charge in [-0.15, -0.1) is 11.3 Å². The lowest BCUT2D eigenvalue weighted by atomic mass is 10.3. The van der Waals surface area contributed by atoms with Gasteiger partial charge in [-0.05, 0) is 6.92 Å². The topological polar surface area (TPSA) is 48.0 Å². The van der Waals surface area contributed by atoms with Crippen molar-refractivity contribution in [2.45, 2.75) is 26.1 Å². The van der Waals surface area contributed by atoms with E-state index in [9.17, 15) is 13.2 Å². The molecule has 9 heteroatoms. The zero-order chi connectivity index (χ0) is 14.3. The quantitative estimate of drug-likeness (QED) is 0.746. The molecule has 0 fully saturated rings. The summed E-state index contributed by atoms with van der Waals surface area (Å²) in [7, 11) is 0. The van der Waals surface area contributed by atoms with Crippen LogP contribution in [0, 0.1) is 6.92 Å². The molecule has 0 saturated heterocycles. The number of hydrogen-bond donors (Lipinski definition) is 0. The van der Waals surface area contributed by atoms with Crippen molar-refractivity contribution in [3.05, 3.63) is 35.1 Å². The van der Waals surface area contributed by atoms with E-state index in [1.54, 1.807) is 13.1 Å². The monoisotopic (exact) mass is 301 g/mol. The minimum absolute atomic E-state index is 0.228. The molecule has 0 aliphatic rings. The van der Waals surface area contributed by atoms with Gasteiger partial charge in [-0.3, -0.25) is 4.40 Å². The van der Waals surface area contributed by atoms with E-state index in [0.29, 0.717) is 11.5 Å². The minimum atomic E-state index is -4.32. The predicted molar refractivity (Wildman–Crippen MR) is 66.7 cm³/mol. The molecule has 0 amide bonds. The maximum Gasteiger partial charge on any atom is 0.408 e. The predicted octanol–water partition coefficient (Wildman–Crippen LogP) is 2.45. The molecular formula is C11H10F3N5S. The normalized spacial score (nSPS) is 12.4. The van der Waals surface area contributed by atoms with Crippen LogP contribution >= 0.6 is 11.3 Å². The molecule has 5 nitrogen and oxygen atoms in total. The standard InChI is InChI=1S/C11H10F3N5S/c1-7-15-9(19(17-7)6-11(12,13)14)4-8-5-18-2-3-20-10(18)16-8/h2-3,5H,4,6H2,1H3. The van der Waals surface area contributed by atoms with Crippen molar-refractivity contribution in [3.8, 4) is 0 Å². The van der Waals surface area contributed by atoms with Crippen molar-refractivity contribution in [1.82, 2.24) is 24.1 Å². The van der Waals surface area contributed by atoms with Crippen molar-refractivity contribution in [3.63, 3.8) is 0 Å². The van der Waals surface area contributed by atoms with Gasteiger partial charge < -0.3 is 0 Å². The van der Waals surface area contributed by atoms with Gasteiger partial charge in [0.05, 0.1) is 12.1 Å². The first-order valence-electron chi connectivity index (χ1n) is 5.79. The molecule has 0 saturated carbocycles. The van der Waals surface area contributed by atoms with Crippen LogP contribution in [-0.4, -0.2) is 30.3 Å². The molecule has 0 aliphatic heterocycles. The summed E-state index contributed by atoms with van der Waals surface area (Å²) in [4.78, 5) is 9.19. The average molecular weight is 301 g/mol. The maximum atomic E-state index is 12.5. The van der Waals surface area contributed by atoms with E-state index in [0.717, 1.165) is 9.64 Å². The zero-order valence-corrected chi connectivity index (χ0v) is 11.2. The Morgan fingerprint density at radius 3 is 2.80 bits per heavy atom. The Hall–Kier alpha value is -1.90. The zero-order valence-electron chi connectivity index (χ0n) is 10.4. The van der Waals surface area contributed by atoms with Crippen LogP contribution in [0.1, 0.15) is 17.3 Å². The smallest absolute Gasteiger partial charge is 0.297 e. The number of fused-ring (bicyclic) bond motifs is 1. The maximum absolute atomic E-state index is 12.5. The van der Waals surface area contributed by atoms with Crippen LogP contribution in [0.3, 0.4) is 0 Å². The number of aromatic nitrogens is 5. The molecule has 0 N–H and O–H groups in total. The third kappa shape index (κ3) is 2.67. The fourth-order valence-electron chi connectivity index (χ4n) is 1.95. The summed E-state index contributed by atoms with van der Waals surface area (Å²) in [6.07, 6.45) is -0.454. The molecule has 0 unspecified atom stereocenters. The van der Waals surface area contributed by atoms with Crippen LogP contribution < -0.4 is 0 Å². The molecule has 0 aromatic carbocycles. The molecule has 0 bridgehead atoms. The third-order valence-electron chi connectivity index (χ3n) is 2.67. The largest absolute Gasteiger partial charge is 0.408 e. The van der Waals surface area contributed by atoms with Gasteiger partial charge in [0, 0.05) is 17.8 Å². The highest BCUT2D eigenvalue weighted by atomic mass is 32.1. The van der Waals surface area contributed by atoms with Crippen LogP contribution in [0.4, 0.5) is 13.2 Å². The second-order valence-corrected chi connectivity index (χ2v) is 5.22. The summed E-state index contributed by atoms with van der Waals surface area (Å²) in [5, 5.41) is 5.68. The number of alkyl halides is 3. The minimum Gasteiger partial charge on any atom is -0.297 e. The van der Waals surface area contributed by atoms with Crippen LogP contribution in [-0.2, 0) is 13.0 Å². The van der Waals surface area contributed by atoms with E-state index in [-0.39, 0.29) is 12.2 Å². The Bertz CT molecular complexity index is 710. The third-order valence-corrected chi connectivity index (χ3v) is 3.44. The van der Waals surface area contributed by atoms with Gasteiger partial charge in [-0.1, -0.05) is 0 Å². The first-order valence-corrected chi connectivity index (χ1v) is 6.67. The molecule has 0 aliphatic carbocycles. The van der Waals surface area contributed by atoms with Crippen LogP contribution in [0.15, 0.2) is 17.8 Å². The molecular weight excluding hydrogens is 291 g/mol. The molecule has 0 spiro atoms. The first-order chi connectivity index (χ1) is 9.40. The van der Waals surface area contributed by atoms with Gasteiger partial charge in [0.15, 0.2) is 4.96 Å². The van der Waals surface area contributed by atoms with Gasteiger partial charge in [-0.2, -0.15) is 18.3 Å². The van der Waals surface area contributed by atoms with Gasteiger partial charge >= 0.3 is 6.18 Å². The number of hydrogen-bond acceptors (Lipinski definition) is 4. The number of nitrogens with zero attached hydrogens (tertiary/aromatic N) is 5. The second kappa shape index (κ2) is 4.58. The fourth-order valence-corrected chi connectivity index (χ4v) is 2.67. The summed E-state index contributed by atoms with van der Waals surface area (Å²) in [6, 6.07) is 0. The van der Waals surface area contributed by atoms with Crippen molar-refractivity contribution in [1.29, 1.82) is 0 Å². The number of imidazole rings is 1. The highest BCUT2D eigenvalue weighted by molar-refractivity contribution is 7.15. The van der Waals surface area contributed by atoms with E-state index >= 15 is 0 Å². The Morgan fingerprint density at radius 2 is 2.10 bits per heavy atom. The summed E-state index contributed by atoms with van der Waals surface area (Å²) in [5.74, 6) is 0.593. The summed E-state index contributed by atoms with van der Waals surface area (Å²) in [5.41, 5.74) is 0.674. The van der Waals surface area contributed by atoms with Crippen LogP contribution in [0.5, 0.6) is 0 Å². The SMILES string of the molecule is Cc1nc(Cc2cn3ccsc3n2)n(CC(F)(F)F)n1. The molecule has 3 rings (SSSR count). The summed E-state index contributed by atoms with van der Waals surface area (Å²) < 4.78 is 40.2. The number of halogens is 3. The van der Waals surface area contributed by atoms with Crippen molar-refractivity contribution in [2.75, 3.05) is 0 Å². The Balaban J connectivity index is 1.88. The van der Waals surface area contributed by atoms with Crippen LogP contribution in [0.25, 0.3) is 4.96 Å². The molecule has 106 valence electrons. The van der Waals surface area contributed by atoms with E-state index < -0.39 is 12.7 Å². The lowest BCUT2D eigenvalue weighted by molar-refractivity contribution is -0.143. The van der Waals surface area contributed by atoms with Crippen LogP contribution in [0.2, 0.25) is 0 Å². The van der Waals surface area contributed by atoms with Gasteiger partial charge in [0.1, 0.15) is 18.2 Å². The highest BCUT2D eigenvalue weighted by Crippen LogP contribution is 2.19. The van der Waals surface area contributed by atoms with Crippen molar-refractivity contribution >= 4 is 16.3 Å². The molecule has 3 heterocycles. The summed E-state index contributed by atoms with van der Waals surface area (Å²) >= 11 is 1.47. The summed E-state index contributed by atoms with van der Waals surface area (Å²) in [6.45, 7) is 0.438. The van der Waals surface area contributed by atoms with Crippen molar-refractivity contribution in [2.24, 2.45) is 0 Å². The van der Waals surface area contributed by atoms with Gasteiger partial charge in [0.25, 0.3) is 0 Å². The second-order valence-electron chi connectivity index (χ2n) is 4.35. The number of aryl methyl sites for hydroxylation is 1. The van der Waals surface area contributed by atoms with E-state index in [4.69, 9.17) is 0 Å².